The third-order valence-corrected chi connectivity index (χ3v) is 7.40. The predicted octanol–water partition coefficient (Wildman–Crippen LogP) is 12.3. The summed E-state index contributed by atoms with van der Waals surface area (Å²) in [7, 11) is 0. The zero-order chi connectivity index (χ0) is 32.2. The van der Waals surface area contributed by atoms with Gasteiger partial charge in [0.1, 0.15) is 6.10 Å². The standard InChI is InChI=1S/C40H66O4/c1-3-5-7-9-11-13-14-15-16-17-18-19-20-21-22-23-25-27-33-37-40(43)44-38(35-31-28-29-32-36-39(41)42)34-30-26-24-12-10-8-6-4-2/h6,8,11-13,15-16,18-19,24,30,34,38H,3-5,7,9-10,14,17,20-23,25-29,31-33,35-37H2,1-2H3,(H,41,42)/b8-6-,13-11-,16-15-,19-18-,24-12-,34-30-. The van der Waals surface area contributed by atoms with E-state index in [1.54, 1.807) is 0 Å². The van der Waals surface area contributed by atoms with E-state index in [9.17, 15) is 9.59 Å². The van der Waals surface area contributed by atoms with E-state index in [-0.39, 0.29) is 18.5 Å². The molecule has 0 bridgehead atoms. The fraction of sp³-hybridized carbons (Fsp3) is 0.650. The molecule has 0 aromatic carbocycles. The monoisotopic (exact) mass is 610 g/mol. The lowest BCUT2D eigenvalue weighted by molar-refractivity contribution is -0.147. The molecule has 0 spiro atoms. The Morgan fingerprint density at radius 3 is 1.61 bits per heavy atom. The van der Waals surface area contributed by atoms with E-state index in [1.807, 2.05) is 6.08 Å². The van der Waals surface area contributed by atoms with Crippen molar-refractivity contribution in [2.45, 2.75) is 168 Å². The number of unbranched alkanes of at least 4 members (excludes halogenated alkanes) is 12. The number of hydrogen-bond donors (Lipinski definition) is 1. The molecule has 0 amide bonds. The molecule has 0 rings (SSSR count). The van der Waals surface area contributed by atoms with Crippen LogP contribution in [0.5, 0.6) is 0 Å². The van der Waals surface area contributed by atoms with Gasteiger partial charge in [-0.1, -0.05) is 132 Å². The van der Waals surface area contributed by atoms with Gasteiger partial charge in [0.25, 0.3) is 0 Å². The first-order chi connectivity index (χ1) is 21.6. The third-order valence-electron chi connectivity index (χ3n) is 7.40. The molecular formula is C40H66O4. The van der Waals surface area contributed by atoms with Crippen LogP contribution < -0.4 is 0 Å². The lowest BCUT2D eigenvalue weighted by Gasteiger charge is -2.14. The van der Waals surface area contributed by atoms with Crippen molar-refractivity contribution in [3.8, 4) is 0 Å². The molecule has 44 heavy (non-hydrogen) atoms. The van der Waals surface area contributed by atoms with E-state index in [0.717, 1.165) is 77.0 Å². The number of aliphatic carboxylic acids is 1. The van der Waals surface area contributed by atoms with Gasteiger partial charge in [-0.25, -0.2) is 0 Å². The van der Waals surface area contributed by atoms with Gasteiger partial charge >= 0.3 is 11.9 Å². The van der Waals surface area contributed by atoms with Crippen LogP contribution in [0.2, 0.25) is 0 Å². The maximum atomic E-state index is 12.5. The summed E-state index contributed by atoms with van der Waals surface area (Å²) in [5.74, 6) is -0.839. The number of carbonyl (C=O) groups is 2. The van der Waals surface area contributed by atoms with Gasteiger partial charge in [-0.3, -0.25) is 9.59 Å². The molecule has 0 aliphatic rings. The van der Waals surface area contributed by atoms with E-state index in [1.165, 1.54) is 51.4 Å². The number of carboxylic acid groups (broad SMARTS) is 1. The highest BCUT2D eigenvalue weighted by molar-refractivity contribution is 5.69. The van der Waals surface area contributed by atoms with Crippen LogP contribution in [0.4, 0.5) is 0 Å². The van der Waals surface area contributed by atoms with E-state index in [4.69, 9.17) is 9.84 Å². The summed E-state index contributed by atoms with van der Waals surface area (Å²) < 4.78 is 5.82. The number of allylic oxidation sites excluding steroid dienone is 11. The molecule has 250 valence electrons. The summed E-state index contributed by atoms with van der Waals surface area (Å²) in [6.45, 7) is 4.38. The van der Waals surface area contributed by atoms with Crippen molar-refractivity contribution >= 4 is 11.9 Å². The molecule has 1 N–H and O–H groups in total. The first-order valence-electron chi connectivity index (χ1n) is 17.9. The zero-order valence-corrected chi connectivity index (χ0v) is 28.4. The fourth-order valence-electron chi connectivity index (χ4n) is 4.77. The van der Waals surface area contributed by atoms with Crippen molar-refractivity contribution in [2.75, 3.05) is 0 Å². The molecule has 1 atom stereocenters. The van der Waals surface area contributed by atoms with Crippen molar-refractivity contribution in [3.05, 3.63) is 72.9 Å². The molecule has 0 fully saturated rings. The van der Waals surface area contributed by atoms with E-state index >= 15 is 0 Å². The minimum absolute atomic E-state index is 0.104. The molecule has 0 aliphatic carbocycles. The summed E-state index contributed by atoms with van der Waals surface area (Å²) in [4.78, 5) is 23.2. The van der Waals surface area contributed by atoms with Gasteiger partial charge in [0.15, 0.2) is 0 Å². The lowest BCUT2D eigenvalue weighted by atomic mass is 10.1. The fourth-order valence-corrected chi connectivity index (χ4v) is 4.77. The Kier molecular flexibility index (Phi) is 32.8. The minimum atomic E-state index is -0.735. The van der Waals surface area contributed by atoms with E-state index < -0.39 is 5.97 Å². The van der Waals surface area contributed by atoms with Crippen LogP contribution in [-0.2, 0) is 14.3 Å². The maximum Gasteiger partial charge on any atom is 0.306 e. The summed E-state index contributed by atoms with van der Waals surface area (Å²) in [5, 5.41) is 8.80. The Morgan fingerprint density at radius 2 is 1.02 bits per heavy atom. The van der Waals surface area contributed by atoms with Crippen LogP contribution in [0, 0.1) is 0 Å². The average Bonchev–Trinajstić information content (AvgIpc) is 3.01. The number of hydrogen-bond acceptors (Lipinski definition) is 3. The van der Waals surface area contributed by atoms with Crippen LogP contribution in [-0.4, -0.2) is 23.1 Å². The zero-order valence-electron chi connectivity index (χ0n) is 28.4. The second-order valence-electron chi connectivity index (χ2n) is 11.7. The first kappa shape index (κ1) is 41.4. The SMILES string of the molecule is CC/C=C\C/C=C\C/C=C\C(CCCCCCC(=O)O)OC(=O)CCCCCCCC/C=C\C/C=C\C/C=C\CCCCC. The highest BCUT2D eigenvalue weighted by Gasteiger charge is 2.11. The highest BCUT2D eigenvalue weighted by Crippen LogP contribution is 2.14. The normalized spacial score (nSPS) is 13.1. The summed E-state index contributed by atoms with van der Waals surface area (Å²) in [6, 6.07) is 0. The molecule has 4 heteroatoms. The molecular weight excluding hydrogens is 544 g/mol. The molecule has 0 radical (unpaired) electrons. The Bertz CT molecular complexity index is 830. The molecule has 0 heterocycles. The van der Waals surface area contributed by atoms with Gasteiger partial charge < -0.3 is 9.84 Å². The van der Waals surface area contributed by atoms with Gasteiger partial charge in [-0.2, -0.15) is 0 Å². The van der Waals surface area contributed by atoms with Gasteiger partial charge in [-0.15, -0.1) is 0 Å². The van der Waals surface area contributed by atoms with E-state index in [0.29, 0.717) is 12.8 Å². The average molecular weight is 611 g/mol. The minimum Gasteiger partial charge on any atom is -0.481 e. The maximum absolute atomic E-state index is 12.5. The molecule has 0 aromatic heterocycles. The van der Waals surface area contributed by atoms with Crippen molar-refractivity contribution < 1.29 is 19.4 Å². The quantitative estimate of drug-likeness (QED) is 0.0482. The predicted molar refractivity (Wildman–Crippen MR) is 190 cm³/mol. The summed E-state index contributed by atoms with van der Waals surface area (Å²) in [6.07, 6.45) is 49.3. The van der Waals surface area contributed by atoms with Gasteiger partial charge in [-0.05, 0) is 89.5 Å². The molecule has 0 saturated carbocycles. The van der Waals surface area contributed by atoms with Crippen molar-refractivity contribution in [3.63, 3.8) is 0 Å². The van der Waals surface area contributed by atoms with Crippen molar-refractivity contribution in [1.29, 1.82) is 0 Å². The molecule has 1 unspecified atom stereocenters. The van der Waals surface area contributed by atoms with Crippen LogP contribution in [0.3, 0.4) is 0 Å². The van der Waals surface area contributed by atoms with Crippen molar-refractivity contribution in [1.82, 2.24) is 0 Å². The second kappa shape index (κ2) is 34.9. The van der Waals surface area contributed by atoms with Crippen LogP contribution in [0.15, 0.2) is 72.9 Å². The molecule has 4 nitrogen and oxygen atoms in total. The largest absolute Gasteiger partial charge is 0.481 e. The Morgan fingerprint density at radius 1 is 0.545 bits per heavy atom. The third kappa shape index (κ3) is 33.9. The van der Waals surface area contributed by atoms with Crippen molar-refractivity contribution in [2.24, 2.45) is 0 Å². The first-order valence-corrected chi connectivity index (χ1v) is 17.9. The number of carbonyl (C=O) groups excluding carboxylic acids is 1. The Hall–Kier alpha value is -2.62. The number of rotatable bonds is 31. The van der Waals surface area contributed by atoms with E-state index in [2.05, 4.69) is 80.7 Å². The lowest BCUT2D eigenvalue weighted by Crippen LogP contribution is -2.16. The smallest absolute Gasteiger partial charge is 0.306 e. The Labute approximate surface area is 271 Å². The topological polar surface area (TPSA) is 63.6 Å². The second-order valence-corrected chi connectivity index (χ2v) is 11.7. The molecule has 0 aliphatic heterocycles. The molecule has 0 aromatic rings. The van der Waals surface area contributed by atoms with Crippen LogP contribution >= 0.6 is 0 Å². The number of carboxylic acids is 1. The summed E-state index contributed by atoms with van der Waals surface area (Å²) >= 11 is 0. The molecule has 0 saturated heterocycles. The van der Waals surface area contributed by atoms with Crippen LogP contribution in [0.1, 0.15) is 162 Å². The van der Waals surface area contributed by atoms with Crippen LogP contribution in [0.25, 0.3) is 0 Å². The number of esters is 1. The van der Waals surface area contributed by atoms with Gasteiger partial charge in [0.2, 0.25) is 0 Å². The summed E-state index contributed by atoms with van der Waals surface area (Å²) in [5.41, 5.74) is 0. The number of ether oxygens (including phenoxy) is 1. The Balaban J connectivity index is 4.05. The van der Waals surface area contributed by atoms with Gasteiger partial charge in [0, 0.05) is 12.8 Å². The highest BCUT2D eigenvalue weighted by atomic mass is 16.5. The van der Waals surface area contributed by atoms with Gasteiger partial charge in [0.05, 0.1) is 0 Å².